The van der Waals surface area contributed by atoms with Crippen LogP contribution in [0.5, 0.6) is 0 Å². The molecule has 0 amide bonds. The van der Waals surface area contributed by atoms with Crippen LogP contribution < -0.4 is 0 Å². The number of carbonyl (C=O) groups is 2. The largest absolute Gasteiger partial charge is 0.481 e. The van der Waals surface area contributed by atoms with Gasteiger partial charge in [-0.25, -0.2) is 0 Å². The van der Waals surface area contributed by atoms with E-state index >= 15 is 0 Å². The van der Waals surface area contributed by atoms with Crippen LogP contribution in [0.2, 0.25) is 0 Å². The van der Waals surface area contributed by atoms with E-state index in [1.165, 1.54) is 0 Å². The molecular formula is C22H42O3. The maximum atomic E-state index is 10.6. The molecule has 0 fully saturated rings. The number of unbranched alkanes of at least 4 members (excludes halogenated alkanes) is 2. The van der Waals surface area contributed by atoms with Gasteiger partial charge in [-0.3, -0.25) is 4.79 Å². The molecule has 0 heterocycles. The minimum atomic E-state index is -0.702. The summed E-state index contributed by atoms with van der Waals surface area (Å²) < 4.78 is 0. The molecule has 3 heteroatoms. The Kier molecular flexibility index (Phi) is 23.5. The van der Waals surface area contributed by atoms with Crippen LogP contribution in [0, 0.1) is 11.8 Å². The first-order valence-corrected chi connectivity index (χ1v) is 9.26. The maximum absolute atomic E-state index is 10.6. The quantitative estimate of drug-likeness (QED) is 0.309. The molecule has 0 aliphatic rings. The highest BCUT2D eigenvalue weighted by Crippen LogP contribution is 2.03. The third-order valence-corrected chi connectivity index (χ3v) is 3.21. The minimum Gasteiger partial charge on any atom is -0.481 e. The topological polar surface area (TPSA) is 54.4 Å². The predicted octanol–water partition coefficient (Wildman–Crippen LogP) is 6.83. The predicted molar refractivity (Wildman–Crippen MR) is 110 cm³/mol. The van der Waals surface area contributed by atoms with E-state index in [-0.39, 0.29) is 13.8 Å². The van der Waals surface area contributed by atoms with Gasteiger partial charge in [0.25, 0.3) is 0 Å². The standard InChI is InChI=1S/C11H20O.C10H18O2.CH4/c1-10(2)8-6-4-5-7-9-11(3)12;1-9(2)7-5-3-4-6-8-10(11)12;/h4,6,10H,5,7-9H2,1-3H3;3,5,9H,4,6-8H2,1-2H3,(H,11,12);1H4/b6-4-;5-3+;. The van der Waals surface area contributed by atoms with Gasteiger partial charge < -0.3 is 9.90 Å². The molecule has 0 radical (unpaired) electrons. The van der Waals surface area contributed by atoms with Gasteiger partial charge in [-0.15, -0.1) is 0 Å². The fourth-order valence-electron chi connectivity index (χ4n) is 1.81. The number of aliphatic carboxylic acids is 1. The van der Waals surface area contributed by atoms with E-state index in [4.69, 9.17) is 5.11 Å². The van der Waals surface area contributed by atoms with Gasteiger partial charge in [0.2, 0.25) is 0 Å². The lowest BCUT2D eigenvalue weighted by molar-refractivity contribution is -0.137. The van der Waals surface area contributed by atoms with Crippen molar-refractivity contribution >= 4 is 11.8 Å². The molecule has 0 bridgehead atoms. The number of hydrogen-bond donors (Lipinski definition) is 1. The zero-order chi connectivity index (χ0) is 18.8. The van der Waals surface area contributed by atoms with Crippen molar-refractivity contribution in [2.45, 2.75) is 93.4 Å². The Morgan fingerprint density at radius 3 is 1.52 bits per heavy atom. The summed E-state index contributed by atoms with van der Waals surface area (Å²) >= 11 is 0. The highest BCUT2D eigenvalue weighted by atomic mass is 16.4. The number of Topliss-reactive ketones (excluding diaryl/α,β-unsaturated/α-hetero) is 1. The van der Waals surface area contributed by atoms with E-state index < -0.39 is 5.97 Å². The number of carboxylic acids is 1. The Morgan fingerprint density at radius 2 is 1.20 bits per heavy atom. The van der Waals surface area contributed by atoms with Gasteiger partial charge in [0.1, 0.15) is 5.78 Å². The first kappa shape index (κ1) is 28.4. The van der Waals surface area contributed by atoms with Crippen molar-refractivity contribution in [2.75, 3.05) is 0 Å². The van der Waals surface area contributed by atoms with E-state index in [0.717, 1.165) is 50.9 Å². The molecule has 1 N–H and O–H groups in total. The average molecular weight is 355 g/mol. The van der Waals surface area contributed by atoms with E-state index in [1.807, 2.05) is 0 Å². The molecule has 25 heavy (non-hydrogen) atoms. The maximum Gasteiger partial charge on any atom is 0.303 e. The number of carboxylic acid groups (broad SMARTS) is 1. The molecule has 0 saturated carbocycles. The Labute approximate surface area is 156 Å². The first-order valence-electron chi connectivity index (χ1n) is 9.26. The first-order chi connectivity index (χ1) is 11.3. The highest BCUT2D eigenvalue weighted by molar-refractivity contribution is 5.75. The van der Waals surface area contributed by atoms with Crippen LogP contribution in [0.3, 0.4) is 0 Å². The number of rotatable bonds is 12. The summed E-state index contributed by atoms with van der Waals surface area (Å²) in [5, 5.41) is 8.33. The molecule has 0 aliphatic carbocycles. The molecule has 0 saturated heterocycles. The summed E-state index contributed by atoms with van der Waals surface area (Å²) in [7, 11) is 0. The van der Waals surface area contributed by atoms with Gasteiger partial charge in [0, 0.05) is 12.8 Å². The zero-order valence-electron chi connectivity index (χ0n) is 16.4. The van der Waals surface area contributed by atoms with Gasteiger partial charge in [0.15, 0.2) is 0 Å². The number of allylic oxidation sites excluding steroid dienone is 4. The molecule has 0 aromatic heterocycles. The number of ketones is 1. The lowest BCUT2D eigenvalue weighted by atomic mass is 10.1. The average Bonchev–Trinajstić information content (AvgIpc) is 2.46. The summed E-state index contributed by atoms with van der Waals surface area (Å²) in [6.45, 7) is 10.4. The molecule has 0 spiro atoms. The van der Waals surface area contributed by atoms with E-state index in [2.05, 4.69) is 52.0 Å². The van der Waals surface area contributed by atoms with E-state index in [0.29, 0.717) is 11.7 Å². The van der Waals surface area contributed by atoms with E-state index in [9.17, 15) is 9.59 Å². The lowest BCUT2D eigenvalue weighted by Crippen LogP contribution is -1.92. The second kappa shape index (κ2) is 20.7. The van der Waals surface area contributed by atoms with Crippen molar-refractivity contribution in [2.24, 2.45) is 11.8 Å². The summed E-state index contributed by atoms with van der Waals surface area (Å²) in [4.78, 5) is 20.7. The second-order valence-electron chi connectivity index (χ2n) is 7.08. The smallest absolute Gasteiger partial charge is 0.303 e. The monoisotopic (exact) mass is 354 g/mol. The number of hydrogen-bond acceptors (Lipinski definition) is 2. The Morgan fingerprint density at radius 1 is 0.800 bits per heavy atom. The minimum absolute atomic E-state index is 0. The number of carbonyl (C=O) groups excluding carboxylic acids is 1. The van der Waals surface area contributed by atoms with Crippen LogP contribution in [-0.2, 0) is 9.59 Å². The van der Waals surface area contributed by atoms with Crippen molar-refractivity contribution in [1.82, 2.24) is 0 Å². The van der Waals surface area contributed by atoms with Gasteiger partial charge in [-0.05, 0) is 57.3 Å². The van der Waals surface area contributed by atoms with Crippen LogP contribution in [-0.4, -0.2) is 16.9 Å². The second-order valence-corrected chi connectivity index (χ2v) is 7.08. The van der Waals surface area contributed by atoms with Crippen molar-refractivity contribution < 1.29 is 14.7 Å². The van der Waals surface area contributed by atoms with Crippen LogP contribution >= 0.6 is 0 Å². The van der Waals surface area contributed by atoms with Crippen molar-refractivity contribution in [3.8, 4) is 0 Å². The molecular weight excluding hydrogens is 312 g/mol. The molecule has 0 rings (SSSR count). The normalized spacial score (nSPS) is 10.8. The van der Waals surface area contributed by atoms with Crippen LogP contribution in [0.4, 0.5) is 0 Å². The SMILES string of the molecule is C.CC(=O)CCC/C=C\CC(C)C.CC(C)C/C=C/CCCC(=O)O. The molecule has 0 aliphatic heterocycles. The fourth-order valence-corrected chi connectivity index (χ4v) is 1.81. The third kappa shape index (κ3) is 34.8. The summed E-state index contributed by atoms with van der Waals surface area (Å²) in [6, 6.07) is 0. The van der Waals surface area contributed by atoms with Gasteiger partial charge >= 0.3 is 5.97 Å². The van der Waals surface area contributed by atoms with Crippen molar-refractivity contribution in [3.63, 3.8) is 0 Å². The zero-order valence-corrected chi connectivity index (χ0v) is 16.4. The molecule has 0 aromatic rings. The summed E-state index contributed by atoms with van der Waals surface area (Å²) in [6.07, 6.45) is 15.5. The Hall–Kier alpha value is -1.38. The lowest BCUT2D eigenvalue weighted by Gasteiger charge is -1.96. The van der Waals surface area contributed by atoms with Gasteiger partial charge in [-0.2, -0.15) is 0 Å². The molecule has 0 aromatic carbocycles. The fraction of sp³-hybridized carbons (Fsp3) is 0.727. The Bertz CT molecular complexity index is 329. The van der Waals surface area contributed by atoms with Gasteiger partial charge in [-0.1, -0.05) is 59.4 Å². The van der Waals surface area contributed by atoms with Crippen LogP contribution in [0.25, 0.3) is 0 Å². The van der Waals surface area contributed by atoms with Crippen LogP contribution in [0.1, 0.15) is 93.4 Å². The molecule has 148 valence electrons. The third-order valence-electron chi connectivity index (χ3n) is 3.21. The van der Waals surface area contributed by atoms with Crippen molar-refractivity contribution in [1.29, 1.82) is 0 Å². The molecule has 3 nitrogen and oxygen atoms in total. The highest BCUT2D eigenvalue weighted by Gasteiger charge is 1.93. The summed E-state index contributed by atoms with van der Waals surface area (Å²) in [5.41, 5.74) is 0. The van der Waals surface area contributed by atoms with Gasteiger partial charge in [0.05, 0.1) is 0 Å². The van der Waals surface area contributed by atoms with E-state index in [1.54, 1.807) is 6.92 Å². The molecule has 0 unspecified atom stereocenters. The summed E-state index contributed by atoms with van der Waals surface area (Å²) in [5.74, 6) is 1.04. The van der Waals surface area contributed by atoms with Crippen LogP contribution in [0.15, 0.2) is 24.3 Å². The Balaban J connectivity index is -0.000000372. The molecule has 0 atom stereocenters. The van der Waals surface area contributed by atoms with Crippen molar-refractivity contribution in [3.05, 3.63) is 24.3 Å².